The molecule has 1 aromatic rings. The van der Waals surface area contributed by atoms with Crippen LogP contribution in [0.1, 0.15) is 44.7 Å². The first-order valence-corrected chi connectivity index (χ1v) is 8.08. The smallest absolute Gasteiger partial charge is 0.317 e. The van der Waals surface area contributed by atoms with E-state index >= 15 is 0 Å². The summed E-state index contributed by atoms with van der Waals surface area (Å²) in [4.78, 5) is 18.2. The van der Waals surface area contributed by atoms with Gasteiger partial charge in [0.2, 0.25) is 0 Å². The molecule has 3 unspecified atom stereocenters. The Kier molecular flexibility index (Phi) is 5.77. The van der Waals surface area contributed by atoms with Gasteiger partial charge in [0.1, 0.15) is 0 Å². The Morgan fingerprint density at radius 3 is 2.64 bits per heavy atom. The normalized spacial score (nSPS) is 22.6. The summed E-state index contributed by atoms with van der Waals surface area (Å²) < 4.78 is 0. The van der Waals surface area contributed by atoms with E-state index in [1.807, 2.05) is 12.1 Å². The van der Waals surface area contributed by atoms with E-state index < -0.39 is 0 Å². The molecule has 0 bridgehead atoms. The minimum Gasteiger partial charge on any atom is -0.393 e. The summed E-state index contributed by atoms with van der Waals surface area (Å²) in [7, 11) is 1.80. The summed E-state index contributed by atoms with van der Waals surface area (Å²) in [5.74, 6) is 0.492. The van der Waals surface area contributed by atoms with Crippen molar-refractivity contribution < 1.29 is 9.90 Å². The Labute approximate surface area is 132 Å². The van der Waals surface area contributed by atoms with Gasteiger partial charge in [-0.25, -0.2) is 4.79 Å². The highest BCUT2D eigenvalue weighted by molar-refractivity contribution is 5.74. The predicted octanol–water partition coefficient (Wildman–Crippen LogP) is 2.58. The van der Waals surface area contributed by atoms with Crippen LogP contribution < -0.4 is 5.32 Å². The number of pyridine rings is 1. The van der Waals surface area contributed by atoms with Gasteiger partial charge in [-0.15, -0.1) is 0 Å². The van der Waals surface area contributed by atoms with Gasteiger partial charge >= 0.3 is 6.03 Å². The number of aliphatic hydroxyl groups is 1. The van der Waals surface area contributed by atoms with Crippen LogP contribution in [-0.2, 0) is 0 Å². The van der Waals surface area contributed by atoms with Crippen molar-refractivity contribution in [1.82, 2.24) is 15.2 Å². The third-order valence-corrected chi connectivity index (χ3v) is 4.48. The number of carbonyl (C=O) groups is 1. The van der Waals surface area contributed by atoms with Crippen LogP contribution in [-0.4, -0.2) is 40.7 Å². The average molecular weight is 305 g/mol. The number of carbonyl (C=O) groups excluding carboxylic acids is 1. The third-order valence-electron chi connectivity index (χ3n) is 4.48. The molecule has 0 spiro atoms. The molecule has 1 saturated carbocycles. The number of amides is 2. The van der Waals surface area contributed by atoms with Crippen LogP contribution in [0.4, 0.5) is 4.79 Å². The topological polar surface area (TPSA) is 65.5 Å². The minimum absolute atomic E-state index is 0.0357. The molecular formula is C17H27N3O2. The van der Waals surface area contributed by atoms with Crippen molar-refractivity contribution in [2.45, 2.75) is 45.3 Å². The fourth-order valence-electron chi connectivity index (χ4n) is 3.11. The molecular weight excluding hydrogens is 278 g/mol. The van der Waals surface area contributed by atoms with Crippen molar-refractivity contribution in [2.75, 3.05) is 13.6 Å². The number of urea groups is 1. The first-order chi connectivity index (χ1) is 10.5. The molecule has 2 rings (SSSR count). The molecule has 0 aromatic carbocycles. The lowest BCUT2D eigenvalue weighted by molar-refractivity contribution is 0.113. The lowest BCUT2D eigenvalue weighted by atomic mass is 9.97. The van der Waals surface area contributed by atoms with E-state index in [0.29, 0.717) is 6.54 Å². The van der Waals surface area contributed by atoms with E-state index in [1.165, 1.54) is 0 Å². The van der Waals surface area contributed by atoms with Crippen LogP contribution >= 0.6 is 0 Å². The zero-order valence-corrected chi connectivity index (χ0v) is 13.7. The molecule has 0 radical (unpaired) electrons. The number of rotatable bonds is 5. The zero-order chi connectivity index (χ0) is 16.1. The number of nitrogens with one attached hydrogen (secondary N) is 1. The Hall–Kier alpha value is -1.62. The molecule has 2 amide bonds. The van der Waals surface area contributed by atoms with Gasteiger partial charge in [-0.3, -0.25) is 4.98 Å². The summed E-state index contributed by atoms with van der Waals surface area (Å²) in [6.07, 6.45) is 6.12. The molecule has 0 aliphatic heterocycles. The zero-order valence-electron chi connectivity index (χ0n) is 13.7. The van der Waals surface area contributed by atoms with Gasteiger partial charge in [0, 0.05) is 31.9 Å². The Morgan fingerprint density at radius 1 is 1.41 bits per heavy atom. The minimum atomic E-state index is -0.267. The molecule has 5 nitrogen and oxygen atoms in total. The van der Waals surface area contributed by atoms with Gasteiger partial charge < -0.3 is 15.3 Å². The standard InChI is InChI=1S/C17H27N3O2/c1-12(2)16(13-7-9-18-10-8-13)19-17(22)20(3)11-14-5-4-6-15(14)21/h7-10,12,14-16,21H,4-6,11H2,1-3H3,(H,19,22). The van der Waals surface area contributed by atoms with Crippen molar-refractivity contribution >= 4 is 6.03 Å². The van der Waals surface area contributed by atoms with Crippen LogP contribution in [0.15, 0.2) is 24.5 Å². The summed E-state index contributed by atoms with van der Waals surface area (Å²) in [6.45, 7) is 4.78. The molecule has 1 aromatic heterocycles. The van der Waals surface area contributed by atoms with Crippen LogP contribution in [0, 0.1) is 11.8 Å². The summed E-state index contributed by atoms with van der Waals surface area (Å²) in [5.41, 5.74) is 1.06. The highest BCUT2D eigenvalue weighted by Crippen LogP contribution is 2.26. The van der Waals surface area contributed by atoms with E-state index in [0.717, 1.165) is 24.8 Å². The molecule has 0 saturated heterocycles. The molecule has 1 aliphatic rings. The van der Waals surface area contributed by atoms with E-state index in [1.54, 1.807) is 24.3 Å². The highest BCUT2D eigenvalue weighted by Gasteiger charge is 2.28. The second-order valence-corrected chi connectivity index (χ2v) is 6.59. The summed E-state index contributed by atoms with van der Waals surface area (Å²) >= 11 is 0. The Balaban J connectivity index is 1.96. The summed E-state index contributed by atoms with van der Waals surface area (Å²) in [5, 5.41) is 13.0. The number of hydrogen-bond acceptors (Lipinski definition) is 3. The van der Waals surface area contributed by atoms with Crippen molar-refractivity contribution in [1.29, 1.82) is 0 Å². The van der Waals surface area contributed by atoms with Gasteiger partial charge in [0.25, 0.3) is 0 Å². The maximum atomic E-state index is 12.4. The maximum Gasteiger partial charge on any atom is 0.317 e. The average Bonchev–Trinajstić information content (AvgIpc) is 2.90. The summed E-state index contributed by atoms with van der Waals surface area (Å²) in [6, 6.07) is 3.75. The van der Waals surface area contributed by atoms with Crippen molar-refractivity contribution in [3.63, 3.8) is 0 Å². The molecule has 122 valence electrons. The van der Waals surface area contributed by atoms with E-state index in [4.69, 9.17) is 0 Å². The number of hydrogen-bond donors (Lipinski definition) is 2. The maximum absolute atomic E-state index is 12.4. The van der Waals surface area contributed by atoms with Gasteiger partial charge in [0.05, 0.1) is 12.1 Å². The number of aromatic nitrogens is 1. The Bertz CT molecular complexity index is 478. The largest absolute Gasteiger partial charge is 0.393 e. The molecule has 1 heterocycles. The Morgan fingerprint density at radius 2 is 2.09 bits per heavy atom. The van der Waals surface area contributed by atoms with Gasteiger partial charge in [-0.2, -0.15) is 0 Å². The molecule has 1 aliphatic carbocycles. The van der Waals surface area contributed by atoms with Gasteiger partial charge in [-0.05, 0) is 36.5 Å². The lowest BCUT2D eigenvalue weighted by Gasteiger charge is -2.28. The van der Waals surface area contributed by atoms with Crippen LogP contribution in [0.2, 0.25) is 0 Å². The predicted molar refractivity (Wildman–Crippen MR) is 86.3 cm³/mol. The number of nitrogens with zero attached hydrogens (tertiary/aromatic N) is 2. The van der Waals surface area contributed by atoms with Crippen molar-refractivity contribution in [2.24, 2.45) is 11.8 Å². The van der Waals surface area contributed by atoms with Crippen molar-refractivity contribution in [3.05, 3.63) is 30.1 Å². The van der Waals surface area contributed by atoms with Gasteiger partial charge in [0.15, 0.2) is 0 Å². The fourth-order valence-corrected chi connectivity index (χ4v) is 3.11. The third kappa shape index (κ3) is 4.19. The highest BCUT2D eigenvalue weighted by atomic mass is 16.3. The second-order valence-electron chi connectivity index (χ2n) is 6.59. The van der Waals surface area contributed by atoms with Crippen molar-refractivity contribution in [3.8, 4) is 0 Å². The number of aliphatic hydroxyl groups excluding tert-OH is 1. The first kappa shape index (κ1) is 16.7. The lowest BCUT2D eigenvalue weighted by Crippen LogP contribution is -2.43. The molecule has 2 N–H and O–H groups in total. The van der Waals surface area contributed by atoms with Crippen LogP contribution in [0.3, 0.4) is 0 Å². The van der Waals surface area contributed by atoms with Crippen LogP contribution in [0.25, 0.3) is 0 Å². The molecule has 22 heavy (non-hydrogen) atoms. The first-order valence-electron chi connectivity index (χ1n) is 8.08. The molecule has 3 atom stereocenters. The SMILES string of the molecule is CC(C)C(NC(=O)N(C)CC1CCCC1O)c1ccncc1. The van der Waals surface area contributed by atoms with Gasteiger partial charge in [-0.1, -0.05) is 20.3 Å². The van der Waals surface area contributed by atoms with E-state index in [9.17, 15) is 9.90 Å². The molecule has 5 heteroatoms. The fraction of sp³-hybridized carbons (Fsp3) is 0.647. The second kappa shape index (κ2) is 7.58. The quantitative estimate of drug-likeness (QED) is 0.878. The van der Waals surface area contributed by atoms with E-state index in [-0.39, 0.29) is 30.0 Å². The van der Waals surface area contributed by atoms with Crippen LogP contribution in [0.5, 0.6) is 0 Å². The van der Waals surface area contributed by atoms with E-state index in [2.05, 4.69) is 24.1 Å². The monoisotopic (exact) mass is 305 g/mol. The molecule has 1 fully saturated rings.